The Labute approximate surface area is 97.9 Å². The van der Waals surface area contributed by atoms with Crippen molar-refractivity contribution >= 4 is 5.91 Å². The summed E-state index contributed by atoms with van der Waals surface area (Å²) in [5, 5.41) is 2.56. The van der Waals surface area contributed by atoms with Crippen molar-refractivity contribution < 1.29 is 9.53 Å². The van der Waals surface area contributed by atoms with E-state index in [1.54, 1.807) is 7.05 Å². The van der Waals surface area contributed by atoms with Gasteiger partial charge in [0.2, 0.25) is 5.91 Å². The Kier molecular flexibility index (Phi) is 5.22. The number of carbonyl (C=O) groups is 1. The molecule has 1 aliphatic carbocycles. The third-order valence-electron chi connectivity index (χ3n) is 3.75. The zero-order valence-electron chi connectivity index (χ0n) is 10.4. The second-order valence-corrected chi connectivity index (χ2v) is 4.70. The zero-order chi connectivity index (χ0) is 12.0. The number of hydrogen-bond donors (Lipinski definition) is 2. The van der Waals surface area contributed by atoms with Crippen LogP contribution < -0.4 is 11.1 Å². The third kappa shape index (κ3) is 3.46. The first kappa shape index (κ1) is 13.5. The Morgan fingerprint density at radius 1 is 1.50 bits per heavy atom. The fourth-order valence-electron chi connectivity index (χ4n) is 2.31. The Hall–Kier alpha value is -0.610. The molecule has 4 heteroatoms. The van der Waals surface area contributed by atoms with Gasteiger partial charge in [0.25, 0.3) is 0 Å². The van der Waals surface area contributed by atoms with E-state index in [0.29, 0.717) is 6.54 Å². The number of nitrogens with two attached hydrogens (primary N) is 1. The van der Waals surface area contributed by atoms with Gasteiger partial charge in [0.05, 0.1) is 5.60 Å². The van der Waals surface area contributed by atoms with Crippen molar-refractivity contribution in [2.24, 2.45) is 11.7 Å². The summed E-state index contributed by atoms with van der Waals surface area (Å²) in [6.07, 6.45) is 5.54. The lowest BCUT2D eigenvalue weighted by molar-refractivity contribution is -0.135. The predicted octanol–water partition coefficient (Wildman–Crippen LogP) is 1.05. The van der Waals surface area contributed by atoms with E-state index in [-0.39, 0.29) is 18.1 Å². The van der Waals surface area contributed by atoms with Crippen LogP contribution in [0.2, 0.25) is 0 Å². The van der Waals surface area contributed by atoms with Crippen LogP contribution in [0.25, 0.3) is 0 Å². The third-order valence-corrected chi connectivity index (χ3v) is 3.75. The smallest absolute Gasteiger partial charge is 0.245 e. The van der Waals surface area contributed by atoms with Gasteiger partial charge in [-0.3, -0.25) is 4.79 Å². The van der Waals surface area contributed by atoms with Crippen LogP contribution in [0.1, 0.15) is 39.0 Å². The standard InChI is InChI=1S/C12H24N2O2/c1-3-10-4-6-12(9-13,7-5-10)16-8-11(15)14-2/h10H,3-9,13H2,1-2H3,(H,14,15). The number of nitrogens with one attached hydrogen (secondary N) is 1. The molecule has 94 valence electrons. The van der Waals surface area contributed by atoms with Crippen molar-refractivity contribution in [1.29, 1.82) is 0 Å². The molecule has 0 heterocycles. The van der Waals surface area contributed by atoms with Crippen LogP contribution >= 0.6 is 0 Å². The molecule has 0 aromatic carbocycles. The van der Waals surface area contributed by atoms with Gasteiger partial charge in [-0.25, -0.2) is 0 Å². The lowest BCUT2D eigenvalue weighted by Crippen LogP contribution is -2.45. The van der Waals surface area contributed by atoms with Gasteiger partial charge in [0, 0.05) is 13.6 Å². The van der Waals surface area contributed by atoms with E-state index in [1.807, 2.05) is 0 Å². The Bertz CT molecular complexity index is 223. The molecular formula is C12H24N2O2. The minimum Gasteiger partial charge on any atom is -0.364 e. The first-order valence-corrected chi connectivity index (χ1v) is 6.20. The van der Waals surface area contributed by atoms with Gasteiger partial charge in [0.1, 0.15) is 6.61 Å². The summed E-state index contributed by atoms with van der Waals surface area (Å²) in [5.41, 5.74) is 5.54. The molecule has 3 N–H and O–H groups in total. The van der Waals surface area contributed by atoms with E-state index in [4.69, 9.17) is 10.5 Å². The summed E-state index contributed by atoms with van der Waals surface area (Å²) < 4.78 is 5.73. The second kappa shape index (κ2) is 6.21. The van der Waals surface area contributed by atoms with E-state index in [9.17, 15) is 4.79 Å². The molecular weight excluding hydrogens is 204 g/mol. The van der Waals surface area contributed by atoms with Crippen molar-refractivity contribution in [2.75, 3.05) is 20.2 Å². The molecule has 1 amide bonds. The molecule has 0 radical (unpaired) electrons. The molecule has 1 rings (SSSR count). The molecule has 0 bridgehead atoms. The lowest BCUT2D eigenvalue weighted by atomic mass is 9.77. The first-order valence-electron chi connectivity index (χ1n) is 6.20. The minimum absolute atomic E-state index is 0.0783. The first-order chi connectivity index (χ1) is 7.65. The lowest BCUT2D eigenvalue weighted by Gasteiger charge is -2.38. The van der Waals surface area contributed by atoms with Gasteiger partial charge >= 0.3 is 0 Å². The van der Waals surface area contributed by atoms with Crippen molar-refractivity contribution in [2.45, 2.75) is 44.6 Å². The van der Waals surface area contributed by atoms with Crippen molar-refractivity contribution in [3.63, 3.8) is 0 Å². The highest BCUT2D eigenvalue weighted by Gasteiger charge is 2.34. The summed E-state index contributed by atoms with van der Waals surface area (Å²) in [6.45, 7) is 2.87. The Morgan fingerprint density at radius 2 is 2.12 bits per heavy atom. The van der Waals surface area contributed by atoms with Crippen LogP contribution in [-0.2, 0) is 9.53 Å². The van der Waals surface area contributed by atoms with Gasteiger partial charge < -0.3 is 15.8 Å². The van der Waals surface area contributed by atoms with Crippen LogP contribution in [0.15, 0.2) is 0 Å². The molecule has 1 aliphatic rings. The summed E-state index contributed by atoms with van der Waals surface area (Å²) in [7, 11) is 1.62. The van der Waals surface area contributed by atoms with Gasteiger partial charge in [-0.1, -0.05) is 13.3 Å². The number of hydrogen-bond acceptors (Lipinski definition) is 3. The zero-order valence-corrected chi connectivity index (χ0v) is 10.4. The summed E-state index contributed by atoms with van der Waals surface area (Å²) in [4.78, 5) is 11.2. The van der Waals surface area contributed by atoms with E-state index >= 15 is 0 Å². The molecule has 0 aliphatic heterocycles. The molecule has 1 fully saturated rings. The molecule has 0 aromatic heterocycles. The molecule has 0 unspecified atom stereocenters. The normalized spacial score (nSPS) is 30.1. The molecule has 0 atom stereocenters. The molecule has 0 aromatic rings. The average Bonchev–Trinajstić information content (AvgIpc) is 2.36. The topological polar surface area (TPSA) is 64.3 Å². The van der Waals surface area contributed by atoms with Gasteiger partial charge in [-0.05, 0) is 31.6 Å². The van der Waals surface area contributed by atoms with Gasteiger partial charge in [0.15, 0.2) is 0 Å². The second-order valence-electron chi connectivity index (χ2n) is 4.70. The van der Waals surface area contributed by atoms with E-state index in [1.165, 1.54) is 19.3 Å². The van der Waals surface area contributed by atoms with Crippen molar-refractivity contribution in [1.82, 2.24) is 5.32 Å². The molecule has 1 saturated carbocycles. The molecule has 16 heavy (non-hydrogen) atoms. The van der Waals surface area contributed by atoms with Crippen LogP contribution in [0, 0.1) is 5.92 Å². The Morgan fingerprint density at radius 3 is 2.56 bits per heavy atom. The van der Waals surface area contributed by atoms with Crippen LogP contribution in [0.3, 0.4) is 0 Å². The van der Waals surface area contributed by atoms with Crippen LogP contribution in [0.4, 0.5) is 0 Å². The van der Waals surface area contributed by atoms with Gasteiger partial charge in [-0.15, -0.1) is 0 Å². The maximum Gasteiger partial charge on any atom is 0.245 e. The predicted molar refractivity (Wildman–Crippen MR) is 64.1 cm³/mol. The number of ether oxygens (including phenoxy) is 1. The summed E-state index contributed by atoms with van der Waals surface area (Å²) in [6, 6.07) is 0. The van der Waals surface area contributed by atoms with E-state index in [2.05, 4.69) is 12.2 Å². The summed E-state index contributed by atoms with van der Waals surface area (Å²) in [5.74, 6) is 0.730. The average molecular weight is 228 g/mol. The maximum absolute atomic E-state index is 11.2. The highest BCUT2D eigenvalue weighted by Crippen LogP contribution is 2.35. The molecule has 4 nitrogen and oxygen atoms in total. The van der Waals surface area contributed by atoms with Crippen LogP contribution in [0.5, 0.6) is 0 Å². The highest BCUT2D eigenvalue weighted by atomic mass is 16.5. The number of likely N-dealkylation sites (N-methyl/N-ethyl adjacent to an activating group) is 1. The fraction of sp³-hybridized carbons (Fsp3) is 0.917. The van der Waals surface area contributed by atoms with E-state index in [0.717, 1.165) is 18.8 Å². The highest BCUT2D eigenvalue weighted by molar-refractivity contribution is 5.76. The fourth-order valence-corrected chi connectivity index (χ4v) is 2.31. The quantitative estimate of drug-likeness (QED) is 0.739. The number of amides is 1. The summed E-state index contributed by atoms with van der Waals surface area (Å²) >= 11 is 0. The van der Waals surface area contributed by atoms with Crippen molar-refractivity contribution in [3.8, 4) is 0 Å². The molecule has 0 saturated heterocycles. The largest absolute Gasteiger partial charge is 0.364 e. The van der Waals surface area contributed by atoms with Gasteiger partial charge in [-0.2, -0.15) is 0 Å². The van der Waals surface area contributed by atoms with E-state index < -0.39 is 0 Å². The Balaban J connectivity index is 2.43. The number of rotatable bonds is 5. The maximum atomic E-state index is 11.2. The minimum atomic E-state index is -0.252. The van der Waals surface area contributed by atoms with Crippen LogP contribution in [-0.4, -0.2) is 31.7 Å². The number of carbonyl (C=O) groups excluding carboxylic acids is 1. The SMILES string of the molecule is CCC1CCC(CN)(OCC(=O)NC)CC1. The molecule has 0 spiro atoms. The monoisotopic (exact) mass is 228 g/mol. The van der Waals surface area contributed by atoms with Crippen molar-refractivity contribution in [3.05, 3.63) is 0 Å².